The third-order valence-corrected chi connectivity index (χ3v) is 4.92. The number of rotatable bonds is 6. The standard InChI is InChI=1S/C21H22ClN3O3/c1-13-10-24-17(14(2)21(13)27-4)11-25(3)19(26)12-28-18-8-7-16(22)15-6-5-9-23-20(15)18/h5-10H,11-12H2,1-4H3. The summed E-state index contributed by atoms with van der Waals surface area (Å²) in [6.07, 6.45) is 3.42. The number of nitrogens with zero attached hydrogens (tertiary/aromatic N) is 3. The number of methoxy groups -OCH3 is 1. The van der Waals surface area contributed by atoms with E-state index in [1.165, 1.54) is 0 Å². The molecule has 0 aliphatic carbocycles. The van der Waals surface area contributed by atoms with Crippen LogP contribution in [-0.2, 0) is 11.3 Å². The Kier molecular flexibility index (Phi) is 5.99. The van der Waals surface area contributed by atoms with E-state index in [9.17, 15) is 4.79 Å². The van der Waals surface area contributed by atoms with Crippen molar-refractivity contribution in [3.63, 3.8) is 0 Å². The molecule has 6 nitrogen and oxygen atoms in total. The van der Waals surface area contributed by atoms with E-state index < -0.39 is 0 Å². The maximum Gasteiger partial charge on any atom is 0.260 e. The average Bonchev–Trinajstić information content (AvgIpc) is 2.70. The van der Waals surface area contributed by atoms with Crippen LogP contribution in [0.3, 0.4) is 0 Å². The molecule has 0 aliphatic rings. The Hall–Kier alpha value is -2.86. The zero-order valence-corrected chi connectivity index (χ0v) is 17.1. The van der Waals surface area contributed by atoms with Gasteiger partial charge in [0.15, 0.2) is 6.61 Å². The second kappa shape index (κ2) is 8.44. The number of carbonyl (C=O) groups is 1. The molecule has 0 saturated carbocycles. The largest absolute Gasteiger partial charge is 0.496 e. The SMILES string of the molecule is COc1c(C)cnc(CN(C)C(=O)COc2ccc(Cl)c3cccnc23)c1C. The summed E-state index contributed by atoms with van der Waals surface area (Å²) in [5.41, 5.74) is 3.31. The van der Waals surface area contributed by atoms with Crippen molar-refractivity contribution < 1.29 is 14.3 Å². The van der Waals surface area contributed by atoms with Gasteiger partial charge in [-0.05, 0) is 38.1 Å². The van der Waals surface area contributed by atoms with E-state index in [1.54, 1.807) is 43.6 Å². The van der Waals surface area contributed by atoms with Gasteiger partial charge < -0.3 is 14.4 Å². The molecule has 0 N–H and O–H groups in total. The van der Waals surface area contributed by atoms with E-state index in [4.69, 9.17) is 21.1 Å². The number of pyridine rings is 2. The zero-order valence-electron chi connectivity index (χ0n) is 16.3. The highest BCUT2D eigenvalue weighted by Gasteiger charge is 2.16. The van der Waals surface area contributed by atoms with Crippen molar-refractivity contribution in [3.8, 4) is 11.5 Å². The van der Waals surface area contributed by atoms with Gasteiger partial charge in [0.1, 0.15) is 17.0 Å². The first-order valence-electron chi connectivity index (χ1n) is 8.81. The summed E-state index contributed by atoms with van der Waals surface area (Å²) >= 11 is 6.20. The predicted octanol–water partition coefficient (Wildman–Crippen LogP) is 3.95. The minimum atomic E-state index is -0.167. The van der Waals surface area contributed by atoms with Crippen LogP contribution in [-0.4, -0.2) is 41.5 Å². The van der Waals surface area contributed by atoms with Gasteiger partial charge in [-0.1, -0.05) is 11.6 Å². The van der Waals surface area contributed by atoms with Crippen LogP contribution in [0.2, 0.25) is 5.02 Å². The smallest absolute Gasteiger partial charge is 0.260 e. The van der Waals surface area contributed by atoms with Crippen LogP contribution >= 0.6 is 11.6 Å². The van der Waals surface area contributed by atoms with Crippen LogP contribution in [0.25, 0.3) is 10.9 Å². The highest BCUT2D eigenvalue weighted by molar-refractivity contribution is 6.35. The number of amides is 1. The monoisotopic (exact) mass is 399 g/mol. The van der Waals surface area contributed by atoms with Crippen molar-refractivity contribution in [1.29, 1.82) is 0 Å². The molecule has 28 heavy (non-hydrogen) atoms. The molecule has 0 saturated heterocycles. The lowest BCUT2D eigenvalue weighted by Crippen LogP contribution is -2.31. The lowest BCUT2D eigenvalue weighted by molar-refractivity contribution is -0.132. The van der Waals surface area contributed by atoms with Crippen LogP contribution in [0.15, 0.2) is 36.7 Å². The molecule has 0 radical (unpaired) electrons. The van der Waals surface area contributed by atoms with Gasteiger partial charge in [0.2, 0.25) is 0 Å². The summed E-state index contributed by atoms with van der Waals surface area (Å²) in [6, 6.07) is 7.13. The molecule has 146 valence electrons. The number of aryl methyl sites for hydroxylation is 1. The molecule has 3 rings (SSSR count). The van der Waals surface area contributed by atoms with E-state index in [-0.39, 0.29) is 12.5 Å². The van der Waals surface area contributed by atoms with Gasteiger partial charge in [-0.15, -0.1) is 0 Å². The van der Waals surface area contributed by atoms with Gasteiger partial charge in [-0.25, -0.2) is 0 Å². The molecule has 1 amide bonds. The Morgan fingerprint density at radius 2 is 2.00 bits per heavy atom. The van der Waals surface area contributed by atoms with Crippen molar-refractivity contribution in [3.05, 3.63) is 58.5 Å². The third kappa shape index (κ3) is 4.02. The Labute approximate surface area is 169 Å². The molecular formula is C21H22ClN3O3. The van der Waals surface area contributed by atoms with Crippen molar-refractivity contribution >= 4 is 28.4 Å². The molecule has 3 aromatic rings. The van der Waals surface area contributed by atoms with E-state index >= 15 is 0 Å². The van der Waals surface area contributed by atoms with Crippen LogP contribution in [0.1, 0.15) is 16.8 Å². The zero-order chi connectivity index (χ0) is 20.3. The van der Waals surface area contributed by atoms with Crippen LogP contribution in [0, 0.1) is 13.8 Å². The predicted molar refractivity (Wildman–Crippen MR) is 109 cm³/mol. The Morgan fingerprint density at radius 1 is 1.21 bits per heavy atom. The van der Waals surface area contributed by atoms with Gasteiger partial charge in [0.25, 0.3) is 5.91 Å². The summed E-state index contributed by atoms with van der Waals surface area (Å²) in [6.45, 7) is 4.14. The van der Waals surface area contributed by atoms with Crippen molar-refractivity contribution in [2.45, 2.75) is 20.4 Å². The number of halogens is 1. The molecule has 1 aromatic carbocycles. The molecule has 0 fully saturated rings. The second-order valence-corrected chi connectivity index (χ2v) is 6.94. The maximum absolute atomic E-state index is 12.6. The minimum Gasteiger partial charge on any atom is -0.496 e. The fraction of sp³-hybridized carbons (Fsp3) is 0.286. The first-order valence-corrected chi connectivity index (χ1v) is 9.19. The number of likely N-dealkylation sites (N-methyl/N-ethyl adjacent to an activating group) is 1. The summed E-state index contributed by atoms with van der Waals surface area (Å²) in [5, 5.41) is 1.38. The summed E-state index contributed by atoms with van der Waals surface area (Å²) in [4.78, 5) is 22.9. The molecule has 0 unspecified atom stereocenters. The molecule has 0 aliphatic heterocycles. The molecule has 0 spiro atoms. The number of aromatic nitrogens is 2. The highest BCUT2D eigenvalue weighted by atomic mass is 35.5. The summed E-state index contributed by atoms with van der Waals surface area (Å²) in [7, 11) is 3.35. The lowest BCUT2D eigenvalue weighted by Gasteiger charge is -2.20. The normalized spacial score (nSPS) is 10.8. The second-order valence-electron chi connectivity index (χ2n) is 6.53. The fourth-order valence-corrected chi connectivity index (χ4v) is 3.24. The van der Waals surface area contributed by atoms with E-state index in [2.05, 4.69) is 9.97 Å². The first kappa shape index (κ1) is 19.9. The molecular weight excluding hydrogens is 378 g/mol. The first-order chi connectivity index (χ1) is 13.4. The van der Waals surface area contributed by atoms with Crippen LogP contribution in [0.5, 0.6) is 11.5 Å². The van der Waals surface area contributed by atoms with Crippen LogP contribution in [0.4, 0.5) is 0 Å². The van der Waals surface area contributed by atoms with Crippen molar-refractivity contribution in [2.75, 3.05) is 20.8 Å². The third-order valence-electron chi connectivity index (χ3n) is 4.59. The number of hydrogen-bond donors (Lipinski definition) is 0. The molecule has 0 atom stereocenters. The van der Waals surface area contributed by atoms with Crippen molar-refractivity contribution in [1.82, 2.24) is 14.9 Å². The number of fused-ring (bicyclic) bond motifs is 1. The molecule has 7 heteroatoms. The number of carbonyl (C=O) groups excluding carboxylic acids is 1. The Morgan fingerprint density at radius 3 is 2.75 bits per heavy atom. The molecule has 2 aromatic heterocycles. The van der Waals surface area contributed by atoms with Gasteiger partial charge in [-0.2, -0.15) is 0 Å². The van der Waals surface area contributed by atoms with Crippen molar-refractivity contribution in [2.24, 2.45) is 0 Å². The van der Waals surface area contributed by atoms with Gasteiger partial charge in [-0.3, -0.25) is 14.8 Å². The fourth-order valence-electron chi connectivity index (χ4n) is 3.02. The minimum absolute atomic E-state index is 0.105. The summed E-state index contributed by atoms with van der Waals surface area (Å²) in [5.74, 6) is 1.15. The van der Waals surface area contributed by atoms with Gasteiger partial charge >= 0.3 is 0 Å². The average molecular weight is 400 g/mol. The number of hydrogen-bond acceptors (Lipinski definition) is 5. The van der Waals surface area contributed by atoms with Gasteiger partial charge in [0.05, 0.1) is 24.4 Å². The number of ether oxygens (including phenoxy) is 2. The Bertz CT molecular complexity index is 1020. The van der Waals surface area contributed by atoms with E-state index in [0.29, 0.717) is 22.8 Å². The van der Waals surface area contributed by atoms with Gasteiger partial charge in [0, 0.05) is 36.0 Å². The van der Waals surface area contributed by atoms with E-state index in [0.717, 1.165) is 28.0 Å². The van der Waals surface area contributed by atoms with Crippen LogP contribution < -0.4 is 9.47 Å². The Balaban J connectivity index is 1.70. The quantitative estimate of drug-likeness (QED) is 0.628. The number of benzene rings is 1. The lowest BCUT2D eigenvalue weighted by atomic mass is 10.1. The highest BCUT2D eigenvalue weighted by Crippen LogP contribution is 2.29. The van der Waals surface area contributed by atoms with E-state index in [1.807, 2.05) is 26.0 Å². The summed E-state index contributed by atoms with van der Waals surface area (Å²) < 4.78 is 11.2. The maximum atomic E-state index is 12.6. The topological polar surface area (TPSA) is 64.5 Å². The molecule has 2 heterocycles. The molecule has 0 bridgehead atoms.